The summed E-state index contributed by atoms with van der Waals surface area (Å²) in [5.41, 5.74) is 13.8. The van der Waals surface area contributed by atoms with Gasteiger partial charge in [-0.05, 0) is 76.0 Å². The van der Waals surface area contributed by atoms with Crippen molar-refractivity contribution in [3.63, 3.8) is 0 Å². The van der Waals surface area contributed by atoms with Gasteiger partial charge in [-0.25, -0.2) is 0 Å². The number of aromatic nitrogens is 8. The molecule has 0 aliphatic rings. The van der Waals surface area contributed by atoms with Gasteiger partial charge in [0.25, 0.3) is 0 Å². The van der Waals surface area contributed by atoms with Gasteiger partial charge in [-0.2, -0.15) is 0 Å². The van der Waals surface area contributed by atoms with E-state index in [4.69, 9.17) is 9.97 Å². The zero-order chi connectivity index (χ0) is 41.0. The second kappa shape index (κ2) is 22.3. The summed E-state index contributed by atoms with van der Waals surface area (Å²) in [7, 11) is 0. The Kier molecular flexibility index (Phi) is 17.2. The van der Waals surface area contributed by atoms with Crippen LogP contribution in [0, 0.1) is 18.2 Å². The third-order valence-electron chi connectivity index (χ3n) is 10.4. The molecule has 11 rings (SSSR count). The van der Waals surface area contributed by atoms with Crippen molar-refractivity contribution in [1.29, 1.82) is 0 Å². The minimum Gasteiger partial charge on any atom is -0.360 e. The van der Waals surface area contributed by atoms with E-state index in [1.165, 1.54) is 16.8 Å². The van der Waals surface area contributed by atoms with E-state index in [1.807, 2.05) is 66.9 Å². The first-order valence-electron chi connectivity index (χ1n) is 20.1. The molecule has 64 heavy (non-hydrogen) atoms. The van der Waals surface area contributed by atoms with Crippen molar-refractivity contribution in [2.24, 2.45) is 0 Å². The van der Waals surface area contributed by atoms with Crippen LogP contribution in [0.3, 0.4) is 0 Å². The Balaban J connectivity index is 0.000000186. The first-order chi connectivity index (χ1) is 29.5. The van der Waals surface area contributed by atoms with Crippen molar-refractivity contribution >= 4 is 49.5 Å². The summed E-state index contributed by atoms with van der Waals surface area (Å²) in [6.45, 7) is 8.99. The van der Waals surface area contributed by atoms with Gasteiger partial charge < -0.3 is 28.9 Å². The monoisotopic (exact) mass is 1370 g/mol. The van der Waals surface area contributed by atoms with Crippen LogP contribution in [0.2, 0.25) is 0 Å². The number of para-hydroxylation sites is 6. The molecule has 0 bridgehead atoms. The average molecular weight is 1370 g/mol. The summed E-state index contributed by atoms with van der Waals surface area (Å²) in [5.74, 6) is 1.70. The molecule has 0 unspecified atom stereocenters. The number of benzene rings is 4. The third kappa shape index (κ3) is 9.86. The quantitative estimate of drug-likeness (QED) is 0.126. The van der Waals surface area contributed by atoms with Gasteiger partial charge in [-0.1, -0.05) is 150 Å². The minimum atomic E-state index is 0. The molecule has 0 N–H and O–H groups in total. The number of nitrogens with zero attached hydrogens (tertiary/aromatic N) is 8. The molecule has 0 amide bonds. The molecule has 0 saturated carbocycles. The fourth-order valence-corrected chi connectivity index (χ4v) is 7.68. The zero-order valence-corrected chi connectivity index (χ0v) is 42.0. The van der Waals surface area contributed by atoms with Gasteiger partial charge in [0.1, 0.15) is 0 Å². The summed E-state index contributed by atoms with van der Waals surface area (Å²) in [4.78, 5) is 26.7. The van der Waals surface area contributed by atoms with E-state index in [0.29, 0.717) is 11.8 Å². The Morgan fingerprint density at radius 2 is 1.09 bits per heavy atom. The Morgan fingerprint density at radius 1 is 0.516 bits per heavy atom. The molecule has 0 aliphatic heterocycles. The number of rotatable bonds is 5. The molecule has 0 saturated heterocycles. The first kappa shape index (κ1) is 49.4. The third-order valence-corrected chi connectivity index (χ3v) is 10.4. The number of hydrogen-bond acceptors (Lipinski definition) is 6. The smallest absolute Gasteiger partial charge is 0.0774 e. The standard InChI is InChI=1S/C24H24N3.C18H10N3.C10H7N2.CH4.3Ir/c1-16(2)19-10-7-11-20(17(3)4)23(19)27-22-13-6-5-12-21(22)26-24(27)18-9-8-14-25-15-18;1-3-9-15-12(6-1)17-13(7-5-11-19-17)18-20-14-8-2-4-10-16(14)21(15)18;1-2-7-12-10(5-1)9-4-3-6-11-8-9;;;;/h5-8,10-17H,1-4H3;1-6,8-11H;1-3,5-8H;1H4;;;/q3*-1;;;;. The van der Waals surface area contributed by atoms with E-state index in [1.54, 1.807) is 37.1 Å². The maximum Gasteiger partial charge on any atom is 0.0774 e. The van der Waals surface area contributed by atoms with Crippen LogP contribution in [0.25, 0.3) is 77.9 Å². The molecule has 327 valence electrons. The zero-order valence-electron chi connectivity index (χ0n) is 34.8. The van der Waals surface area contributed by atoms with Crippen LogP contribution in [-0.2, 0) is 60.3 Å². The number of pyridine rings is 5. The number of imidazole rings is 2. The van der Waals surface area contributed by atoms with Gasteiger partial charge in [0.15, 0.2) is 0 Å². The molecule has 7 heterocycles. The molecule has 0 fully saturated rings. The molecule has 11 heteroatoms. The summed E-state index contributed by atoms with van der Waals surface area (Å²) in [5, 5.41) is 2.09. The molecule has 0 spiro atoms. The SMILES string of the molecule is C.CC(C)c1cccc(C(C)C)c1-n1c(-c2[c-]ccnc2)nc2ccccc21.[Ir].[Ir].[Ir].[c-]1ccnc2c1c1nc3ccccc3n1c1ccccc21.[c-]1ccncc1-c1ccccn1. The molecule has 3 radical (unpaired) electrons. The maximum atomic E-state index is 4.95. The Bertz CT molecular complexity index is 3160. The van der Waals surface area contributed by atoms with E-state index in [-0.39, 0.29) is 67.7 Å². The van der Waals surface area contributed by atoms with Crippen LogP contribution in [-0.4, -0.2) is 38.9 Å². The summed E-state index contributed by atoms with van der Waals surface area (Å²) in [6, 6.07) is 52.4. The summed E-state index contributed by atoms with van der Waals surface area (Å²) < 4.78 is 4.50. The van der Waals surface area contributed by atoms with Crippen molar-refractivity contribution in [1.82, 2.24) is 38.9 Å². The Hall–Kier alpha value is -5.63. The van der Waals surface area contributed by atoms with Crippen molar-refractivity contribution in [2.75, 3.05) is 0 Å². The Labute approximate surface area is 414 Å². The van der Waals surface area contributed by atoms with Crippen molar-refractivity contribution < 1.29 is 60.3 Å². The second-order valence-corrected chi connectivity index (χ2v) is 15.0. The van der Waals surface area contributed by atoms with Gasteiger partial charge in [-0.15, -0.1) is 42.0 Å². The van der Waals surface area contributed by atoms with E-state index < -0.39 is 0 Å². The largest absolute Gasteiger partial charge is 0.360 e. The van der Waals surface area contributed by atoms with Crippen LogP contribution in [0.4, 0.5) is 0 Å². The van der Waals surface area contributed by atoms with Crippen molar-refractivity contribution in [2.45, 2.75) is 47.0 Å². The predicted octanol–water partition coefficient (Wildman–Crippen LogP) is 12.7. The van der Waals surface area contributed by atoms with Crippen LogP contribution in [0.5, 0.6) is 0 Å². The molecular weight excluding hydrogens is 1330 g/mol. The topological polar surface area (TPSA) is 86.7 Å². The van der Waals surface area contributed by atoms with Crippen LogP contribution in [0.15, 0.2) is 165 Å². The van der Waals surface area contributed by atoms with Crippen LogP contribution < -0.4 is 0 Å². The van der Waals surface area contributed by atoms with Crippen molar-refractivity contribution in [3.05, 3.63) is 194 Å². The van der Waals surface area contributed by atoms with E-state index in [9.17, 15) is 0 Å². The molecule has 11 aromatic rings. The molecular formula is C53H45Ir3N8-3. The van der Waals surface area contributed by atoms with E-state index >= 15 is 0 Å². The van der Waals surface area contributed by atoms with Gasteiger partial charge in [0, 0.05) is 77.7 Å². The fraction of sp³-hybridized carbons (Fsp3) is 0.132. The Morgan fingerprint density at radius 3 is 1.72 bits per heavy atom. The summed E-state index contributed by atoms with van der Waals surface area (Å²) >= 11 is 0. The van der Waals surface area contributed by atoms with Crippen LogP contribution >= 0.6 is 0 Å². The number of fused-ring (bicyclic) bond motifs is 9. The number of hydrogen-bond donors (Lipinski definition) is 0. The van der Waals surface area contributed by atoms with Gasteiger partial charge in [-0.3, -0.25) is 9.97 Å². The minimum absolute atomic E-state index is 0. The maximum absolute atomic E-state index is 4.95. The molecule has 0 aliphatic carbocycles. The van der Waals surface area contributed by atoms with E-state index in [2.05, 4.69) is 135 Å². The molecule has 4 aromatic carbocycles. The molecule has 0 atom stereocenters. The van der Waals surface area contributed by atoms with E-state index in [0.717, 1.165) is 72.2 Å². The average Bonchev–Trinajstić information content (AvgIpc) is 3.90. The fourth-order valence-electron chi connectivity index (χ4n) is 7.68. The first-order valence-corrected chi connectivity index (χ1v) is 20.1. The normalized spacial score (nSPS) is 10.6. The van der Waals surface area contributed by atoms with Crippen LogP contribution in [0.1, 0.15) is 58.1 Å². The van der Waals surface area contributed by atoms with Crippen molar-refractivity contribution in [3.8, 4) is 28.3 Å². The second-order valence-electron chi connectivity index (χ2n) is 15.0. The molecule has 8 nitrogen and oxygen atoms in total. The molecule has 7 aromatic heterocycles. The van der Waals surface area contributed by atoms with Gasteiger partial charge in [0.2, 0.25) is 0 Å². The van der Waals surface area contributed by atoms with Gasteiger partial charge >= 0.3 is 0 Å². The van der Waals surface area contributed by atoms with Gasteiger partial charge in [0.05, 0.1) is 33.5 Å². The predicted molar refractivity (Wildman–Crippen MR) is 249 cm³/mol. The summed E-state index contributed by atoms with van der Waals surface area (Å²) in [6.07, 6.45) is 10.6.